The Morgan fingerprint density at radius 3 is 3.20 bits per heavy atom. The third-order valence-corrected chi connectivity index (χ3v) is 3.27. The van der Waals surface area contributed by atoms with E-state index in [9.17, 15) is 4.79 Å². The molecule has 0 aromatic carbocycles. The minimum Gasteiger partial charge on any atom is -0.380 e. The highest BCUT2D eigenvalue weighted by Crippen LogP contribution is 2.23. The number of hydrogen-bond acceptors (Lipinski definition) is 4. The van der Waals surface area contributed by atoms with Gasteiger partial charge < -0.3 is 14.6 Å². The zero-order valence-corrected chi connectivity index (χ0v) is 9.95. The van der Waals surface area contributed by atoms with Crippen LogP contribution in [0.15, 0.2) is 15.6 Å². The summed E-state index contributed by atoms with van der Waals surface area (Å²) < 4.78 is 5.75. The molecular formula is C9H12BrN3O2. The number of ether oxygens (including phenoxy) is 1. The molecule has 15 heavy (non-hydrogen) atoms. The Morgan fingerprint density at radius 1 is 1.73 bits per heavy atom. The summed E-state index contributed by atoms with van der Waals surface area (Å²) in [7, 11) is 1.70. The monoisotopic (exact) mass is 273 g/mol. The summed E-state index contributed by atoms with van der Waals surface area (Å²) in [6.07, 6.45) is 2.62. The molecule has 0 aliphatic carbocycles. The highest BCUT2D eigenvalue weighted by Gasteiger charge is 2.25. The van der Waals surface area contributed by atoms with Crippen molar-refractivity contribution in [2.24, 2.45) is 0 Å². The van der Waals surface area contributed by atoms with Crippen LogP contribution in [0.25, 0.3) is 0 Å². The maximum atomic E-state index is 11.3. The maximum absolute atomic E-state index is 11.3. The molecule has 1 fully saturated rings. The van der Waals surface area contributed by atoms with Gasteiger partial charge in [0.2, 0.25) is 0 Å². The molecule has 1 aliphatic rings. The molecule has 1 aromatic rings. The Morgan fingerprint density at radius 2 is 2.53 bits per heavy atom. The van der Waals surface area contributed by atoms with Crippen LogP contribution >= 0.6 is 15.9 Å². The molecule has 1 saturated heterocycles. The number of hydrogen-bond donors (Lipinski definition) is 1. The van der Waals surface area contributed by atoms with Gasteiger partial charge in [-0.2, -0.15) is 0 Å². The lowest BCUT2D eigenvalue weighted by atomic mass is 10.3. The Kier molecular flexibility index (Phi) is 3.06. The van der Waals surface area contributed by atoms with E-state index in [1.54, 1.807) is 7.11 Å². The molecule has 0 amide bonds. The van der Waals surface area contributed by atoms with Crippen LogP contribution in [0.3, 0.4) is 0 Å². The Hall–Kier alpha value is -0.880. The molecule has 5 nitrogen and oxygen atoms in total. The van der Waals surface area contributed by atoms with Gasteiger partial charge in [-0.15, -0.1) is 0 Å². The van der Waals surface area contributed by atoms with Gasteiger partial charge in [-0.25, -0.2) is 4.98 Å². The predicted octanol–water partition coefficient (Wildman–Crippen LogP) is 0.758. The number of rotatable bonds is 2. The molecule has 0 spiro atoms. The number of nitrogens with one attached hydrogen (secondary N) is 1. The van der Waals surface area contributed by atoms with Gasteiger partial charge in [0.25, 0.3) is 5.56 Å². The molecule has 0 radical (unpaired) electrons. The van der Waals surface area contributed by atoms with Crippen LogP contribution in [0.4, 0.5) is 5.82 Å². The van der Waals surface area contributed by atoms with E-state index in [1.165, 1.54) is 6.33 Å². The molecule has 1 aromatic heterocycles. The van der Waals surface area contributed by atoms with E-state index in [-0.39, 0.29) is 11.7 Å². The summed E-state index contributed by atoms with van der Waals surface area (Å²) in [5.41, 5.74) is -0.152. The standard InChI is InChI=1S/C9H12BrN3O2/c1-15-6-2-3-13(4-6)8-7(10)9(14)12-5-11-8/h5-6H,2-4H2,1H3,(H,11,12,14). The number of anilines is 1. The fourth-order valence-corrected chi connectivity index (χ4v) is 2.17. The van der Waals surface area contributed by atoms with Crippen LogP contribution in [-0.2, 0) is 4.74 Å². The Bertz CT molecular complexity index is 407. The average Bonchev–Trinajstić information content (AvgIpc) is 2.70. The van der Waals surface area contributed by atoms with E-state index in [4.69, 9.17) is 4.74 Å². The summed E-state index contributed by atoms with van der Waals surface area (Å²) >= 11 is 3.24. The van der Waals surface area contributed by atoms with Gasteiger partial charge in [0.05, 0.1) is 12.4 Å². The molecular weight excluding hydrogens is 262 g/mol. The highest BCUT2D eigenvalue weighted by atomic mass is 79.9. The van der Waals surface area contributed by atoms with Crippen LogP contribution in [-0.4, -0.2) is 36.3 Å². The normalized spacial score (nSPS) is 20.9. The van der Waals surface area contributed by atoms with E-state index in [0.717, 1.165) is 19.5 Å². The van der Waals surface area contributed by atoms with Gasteiger partial charge in [0.1, 0.15) is 10.3 Å². The lowest BCUT2D eigenvalue weighted by Gasteiger charge is -2.17. The third kappa shape index (κ3) is 2.05. The van der Waals surface area contributed by atoms with Gasteiger partial charge in [-0.05, 0) is 22.4 Å². The smallest absolute Gasteiger partial charge is 0.267 e. The fraction of sp³-hybridized carbons (Fsp3) is 0.556. The summed E-state index contributed by atoms with van der Waals surface area (Å²) in [6.45, 7) is 1.65. The molecule has 6 heteroatoms. The first-order chi connectivity index (χ1) is 7.22. The quantitative estimate of drug-likeness (QED) is 0.865. The summed E-state index contributed by atoms with van der Waals surface area (Å²) in [5.74, 6) is 0.693. The van der Waals surface area contributed by atoms with Crippen molar-refractivity contribution in [1.82, 2.24) is 9.97 Å². The minimum absolute atomic E-state index is 0.152. The number of H-pyrrole nitrogens is 1. The molecule has 2 rings (SSSR count). The molecule has 1 unspecified atom stereocenters. The largest absolute Gasteiger partial charge is 0.380 e. The van der Waals surface area contributed by atoms with Crippen molar-refractivity contribution < 1.29 is 4.74 Å². The third-order valence-electron chi connectivity index (χ3n) is 2.56. The van der Waals surface area contributed by atoms with Crippen LogP contribution < -0.4 is 10.5 Å². The summed E-state index contributed by atoms with van der Waals surface area (Å²) in [4.78, 5) is 20.1. The Balaban J connectivity index is 2.24. The summed E-state index contributed by atoms with van der Waals surface area (Å²) in [5, 5.41) is 0. The second-order valence-corrected chi connectivity index (χ2v) is 4.25. The zero-order chi connectivity index (χ0) is 10.8. The maximum Gasteiger partial charge on any atom is 0.267 e. The SMILES string of the molecule is COC1CCN(c2nc[nH]c(=O)c2Br)C1. The van der Waals surface area contributed by atoms with Crippen LogP contribution in [0.5, 0.6) is 0 Å². The molecule has 1 aliphatic heterocycles. The van der Waals surface area contributed by atoms with Crippen molar-refractivity contribution in [3.05, 3.63) is 21.2 Å². The van der Waals surface area contributed by atoms with Crippen molar-refractivity contribution in [3.8, 4) is 0 Å². The second-order valence-electron chi connectivity index (χ2n) is 3.46. The zero-order valence-electron chi connectivity index (χ0n) is 8.36. The van der Waals surface area contributed by atoms with Crippen molar-refractivity contribution in [3.63, 3.8) is 0 Å². The van der Waals surface area contributed by atoms with Gasteiger partial charge in [-0.3, -0.25) is 4.79 Å². The molecule has 1 atom stereocenters. The van der Waals surface area contributed by atoms with E-state index < -0.39 is 0 Å². The van der Waals surface area contributed by atoms with Crippen molar-refractivity contribution in [2.45, 2.75) is 12.5 Å². The number of aromatic amines is 1. The van der Waals surface area contributed by atoms with E-state index in [1.807, 2.05) is 4.90 Å². The fourth-order valence-electron chi connectivity index (χ4n) is 1.71. The first kappa shape index (κ1) is 10.6. The molecule has 82 valence electrons. The number of halogens is 1. The van der Waals surface area contributed by atoms with Gasteiger partial charge in [-0.1, -0.05) is 0 Å². The van der Waals surface area contributed by atoms with Crippen LogP contribution in [0, 0.1) is 0 Å². The average molecular weight is 274 g/mol. The van der Waals surface area contributed by atoms with E-state index in [0.29, 0.717) is 10.3 Å². The Labute approximate surface area is 95.6 Å². The molecule has 2 heterocycles. The topological polar surface area (TPSA) is 58.2 Å². The van der Waals surface area contributed by atoms with Crippen molar-refractivity contribution >= 4 is 21.7 Å². The van der Waals surface area contributed by atoms with E-state index in [2.05, 4.69) is 25.9 Å². The molecule has 0 bridgehead atoms. The molecule has 0 saturated carbocycles. The summed E-state index contributed by atoms with van der Waals surface area (Å²) in [6, 6.07) is 0. The first-order valence-corrected chi connectivity index (χ1v) is 5.52. The van der Waals surface area contributed by atoms with Crippen molar-refractivity contribution in [1.29, 1.82) is 0 Å². The molecule has 1 N–H and O–H groups in total. The van der Waals surface area contributed by atoms with Gasteiger partial charge in [0.15, 0.2) is 0 Å². The number of nitrogens with zero attached hydrogens (tertiary/aromatic N) is 2. The second kappa shape index (κ2) is 4.32. The first-order valence-electron chi connectivity index (χ1n) is 4.73. The van der Waals surface area contributed by atoms with E-state index >= 15 is 0 Å². The highest BCUT2D eigenvalue weighted by molar-refractivity contribution is 9.10. The van der Waals surface area contributed by atoms with Crippen LogP contribution in [0.2, 0.25) is 0 Å². The number of methoxy groups -OCH3 is 1. The lowest BCUT2D eigenvalue weighted by Crippen LogP contribution is -2.25. The van der Waals surface area contributed by atoms with Gasteiger partial charge in [0, 0.05) is 20.2 Å². The lowest BCUT2D eigenvalue weighted by molar-refractivity contribution is 0.121. The van der Waals surface area contributed by atoms with Crippen LogP contribution in [0.1, 0.15) is 6.42 Å². The minimum atomic E-state index is -0.152. The predicted molar refractivity (Wildman–Crippen MR) is 60.2 cm³/mol. The van der Waals surface area contributed by atoms with Gasteiger partial charge >= 0.3 is 0 Å². The number of aromatic nitrogens is 2. The van der Waals surface area contributed by atoms with Crippen molar-refractivity contribution in [2.75, 3.05) is 25.1 Å².